The van der Waals surface area contributed by atoms with Crippen LogP contribution in [0.2, 0.25) is 0 Å². The summed E-state index contributed by atoms with van der Waals surface area (Å²) in [6.45, 7) is 1.18. The van der Waals surface area contributed by atoms with E-state index in [2.05, 4.69) is 5.32 Å². The smallest absolute Gasteiger partial charge is 0.294 e. The van der Waals surface area contributed by atoms with Gasteiger partial charge in [-0.25, -0.2) is 4.39 Å². The maximum Gasteiger partial charge on any atom is 0.294 e. The van der Waals surface area contributed by atoms with Gasteiger partial charge in [0.2, 0.25) is 0 Å². The molecule has 4 rings (SSSR count). The number of benzene rings is 3. The molecule has 3 aromatic rings. The number of para-hydroxylation sites is 2. The molecule has 1 aliphatic heterocycles. The van der Waals surface area contributed by atoms with Gasteiger partial charge in [0.25, 0.3) is 11.8 Å². The molecule has 1 aliphatic rings. The summed E-state index contributed by atoms with van der Waals surface area (Å²) in [5.74, 6) is -0.295. The first-order valence-corrected chi connectivity index (χ1v) is 11.0. The summed E-state index contributed by atoms with van der Waals surface area (Å²) in [6, 6.07) is 20.4. The van der Waals surface area contributed by atoms with E-state index >= 15 is 0 Å². The van der Waals surface area contributed by atoms with Crippen LogP contribution in [-0.2, 0) is 16.1 Å². The second kappa shape index (κ2) is 10.8. The molecule has 0 aromatic heterocycles. The van der Waals surface area contributed by atoms with Crippen molar-refractivity contribution in [2.75, 3.05) is 25.2 Å². The van der Waals surface area contributed by atoms with Crippen molar-refractivity contribution in [1.29, 1.82) is 0 Å². The second-order valence-corrected chi connectivity index (χ2v) is 7.79. The van der Waals surface area contributed by atoms with Crippen LogP contribution in [0.1, 0.15) is 27.9 Å². The van der Waals surface area contributed by atoms with Crippen molar-refractivity contribution in [2.45, 2.75) is 13.0 Å². The Morgan fingerprint density at radius 1 is 1.06 bits per heavy atom. The Kier molecular flexibility index (Phi) is 7.34. The topological polar surface area (TPSA) is 67.9 Å². The number of methoxy groups -OCH3 is 1. The fourth-order valence-electron chi connectivity index (χ4n) is 3.62. The van der Waals surface area contributed by atoms with Crippen LogP contribution in [0.4, 0.5) is 10.1 Å². The number of carbonyl (C=O) groups excluding carboxylic acids is 2. The van der Waals surface area contributed by atoms with Crippen LogP contribution in [0, 0.1) is 5.82 Å². The Balaban J connectivity index is 1.55. The van der Waals surface area contributed by atoms with Gasteiger partial charge >= 0.3 is 0 Å². The minimum absolute atomic E-state index is 0.0748. The van der Waals surface area contributed by atoms with Crippen LogP contribution in [0.15, 0.2) is 78.6 Å². The third-order valence-corrected chi connectivity index (χ3v) is 5.40. The lowest BCUT2D eigenvalue weighted by Crippen LogP contribution is -2.37. The molecule has 0 radical (unpaired) electrons. The minimum Gasteiger partial charge on any atom is -0.449 e. The van der Waals surface area contributed by atoms with Crippen LogP contribution < -0.4 is 15.0 Å². The summed E-state index contributed by atoms with van der Waals surface area (Å²) in [6.07, 6.45) is 2.35. The van der Waals surface area contributed by atoms with Crippen molar-refractivity contribution in [3.8, 4) is 5.75 Å². The molecule has 174 valence electrons. The second-order valence-electron chi connectivity index (χ2n) is 7.79. The third kappa shape index (κ3) is 5.32. The van der Waals surface area contributed by atoms with Gasteiger partial charge in [0.05, 0.1) is 12.2 Å². The molecule has 34 heavy (non-hydrogen) atoms. The highest BCUT2D eigenvalue weighted by atomic mass is 19.1. The number of fused-ring (bicyclic) bond motifs is 1. The molecule has 3 aromatic carbocycles. The number of hydrogen-bond donors (Lipinski definition) is 1. The third-order valence-electron chi connectivity index (χ3n) is 5.40. The van der Waals surface area contributed by atoms with Gasteiger partial charge in [0, 0.05) is 31.4 Å². The molecular formula is C27H25FN2O4. The highest BCUT2D eigenvalue weighted by Gasteiger charge is 2.30. The van der Waals surface area contributed by atoms with Crippen molar-refractivity contribution in [3.63, 3.8) is 0 Å². The predicted molar refractivity (Wildman–Crippen MR) is 128 cm³/mol. The van der Waals surface area contributed by atoms with E-state index in [1.807, 2.05) is 6.07 Å². The van der Waals surface area contributed by atoms with E-state index in [1.165, 1.54) is 11.0 Å². The van der Waals surface area contributed by atoms with Crippen molar-refractivity contribution in [3.05, 3.63) is 101 Å². The lowest BCUT2D eigenvalue weighted by molar-refractivity contribution is -0.117. The first-order chi connectivity index (χ1) is 16.6. The van der Waals surface area contributed by atoms with Crippen LogP contribution >= 0.6 is 0 Å². The van der Waals surface area contributed by atoms with Crippen molar-refractivity contribution >= 4 is 23.6 Å². The standard InChI is InChI=1S/C27H25FN2O4/c1-33-16-6-15-29-26(31)20-13-11-19(12-14-20)17-25-27(32)30(18-21-7-2-3-8-22(21)28)23-9-4-5-10-24(23)34-25/h2-5,7-14,17H,6,15-16,18H2,1H3,(H,29,31)/b25-17-. The Bertz CT molecular complexity index is 1210. The number of hydrogen-bond acceptors (Lipinski definition) is 4. The predicted octanol–water partition coefficient (Wildman–Crippen LogP) is 4.56. The van der Waals surface area contributed by atoms with Gasteiger partial charge in [0.15, 0.2) is 11.5 Å². The molecule has 0 fully saturated rings. The fraction of sp³-hybridized carbons (Fsp3) is 0.185. The fourth-order valence-corrected chi connectivity index (χ4v) is 3.62. The number of nitrogens with one attached hydrogen (secondary N) is 1. The van der Waals surface area contributed by atoms with E-state index in [9.17, 15) is 14.0 Å². The molecule has 0 saturated heterocycles. The summed E-state index contributed by atoms with van der Waals surface area (Å²) >= 11 is 0. The first-order valence-electron chi connectivity index (χ1n) is 11.0. The van der Waals surface area contributed by atoms with Gasteiger partial charge in [-0.1, -0.05) is 42.5 Å². The van der Waals surface area contributed by atoms with Crippen LogP contribution in [-0.4, -0.2) is 32.1 Å². The Labute approximate surface area is 197 Å². The van der Waals surface area contributed by atoms with E-state index in [0.29, 0.717) is 41.3 Å². The Morgan fingerprint density at radius 2 is 1.79 bits per heavy atom. The molecule has 0 bridgehead atoms. The van der Waals surface area contributed by atoms with Gasteiger partial charge in [-0.15, -0.1) is 0 Å². The molecule has 1 N–H and O–H groups in total. The summed E-state index contributed by atoms with van der Waals surface area (Å²) in [5.41, 5.74) is 2.20. The van der Waals surface area contributed by atoms with E-state index in [-0.39, 0.29) is 29.9 Å². The van der Waals surface area contributed by atoms with E-state index in [4.69, 9.17) is 9.47 Å². The number of rotatable bonds is 8. The Hall–Kier alpha value is -3.97. The normalized spacial score (nSPS) is 14.0. The van der Waals surface area contributed by atoms with Crippen molar-refractivity contribution < 1.29 is 23.5 Å². The molecular weight excluding hydrogens is 435 g/mol. The first kappa shape index (κ1) is 23.2. The molecule has 0 unspecified atom stereocenters. The molecule has 0 aliphatic carbocycles. The molecule has 7 heteroatoms. The van der Waals surface area contributed by atoms with Crippen molar-refractivity contribution in [1.82, 2.24) is 5.32 Å². The highest BCUT2D eigenvalue weighted by Crippen LogP contribution is 2.36. The maximum absolute atomic E-state index is 14.3. The molecule has 0 saturated carbocycles. The van der Waals surface area contributed by atoms with E-state index in [0.717, 1.165) is 6.42 Å². The molecule has 0 atom stereocenters. The van der Waals surface area contributed by atoms with Gasteiger partial charge in [-0.3, -0.25) is 14.5 Å². The van der Waals surface area contributed by atoms with E-state index in [1.54, 1.807) is 73.8 Å². The number of anilines is 1. The quantitative estimate of drug-likeness (QED) is 0.395. The molecule has 1 heterocycles. The number of amides is 2. The molecule has 0 spiro atoms. The summed E-state index contributed by atoms with van der Waals surface area (Å²) < 4.78 is 25.1. The lowest BCUT2D eigenvalue weighted by atomic mass is 10.1. The summed E-state index contributed by atoms with van der Waals surface area (Å²) in [7, 11) is 1.62. The van der Waals surface area contributed by atoms with Gasteiger partial charge in [-0.05, 0) is 48.4 Å². The Morgan fingerprint density at radius 3 is 2.56 bits per heavy atom. The van der Waals surface area contributed by atoms with Crippen LogP contribution in [0.5, 0.6) is 5.75 Å². The van der Waals surface area contributed by atoms with E-state index < -0.39 is 0 Å². The zero-order chi connectivity index (χ0) is 23.9. The summed E-state index contributed by atoms with van der Waals surface area (Å²) in [4.78, 5) is 27.1. The lowest BCUT2D eigenvalue weighted by Gasteiger charge is -2.30. The van der Waals surface area contributed by atoms with Crippen molar-refractivity contribution in [2.24, 2.45) is 0 Å². The SMILES string of the molecule is COCCCNC(=O)c1ccc(/C=C2\Oc3ccccc3N(Cc3ccccc3F)C2=O)cc1. The summed E-state index contributed by atoms with van der Waals surface area (Å²) in [5, 5.41) is 2.84. The van der Waals surface area contributed by atoms with Gasteiger partial charge in [0.1, 0.15) is 5.82 Å². The molecule has 2 amide bonds. The number of carbonyl (C=O) groups is 2. The van der Waals surface area contributed by atoms with Gasteiger partial charge in [-0.2, -0.15) is 0 Å². The molecule has 6 nitrogen and oxygen atoms in total. The largest absolute Gasteiger partial charge is 0.449 e. The zero-order valence-electron chi connectivity index (χ0n) is 18.8. The van der Waals surface area contributed by atoms with Gasteiger partial charge < -0.3 is 14.8 Å². The highest BCUT2D eigenvalue weighted by molar-refractivity contribution is 6.09. The van der Waals surface area contributed by atoms with Crippen LogP contribution in [0.25, 0.3) is 6.08 Å². The van der Waals surface area contributed by atoms with Crippen LogP contribution in [0.3, 0.4) is 0 Å². The average molecular weight is 461 g/mol. The number of nitrogens with zero attached hydrogens (tertiary/aromatic N) is 1. The number of ether oxygens (including phenoxy) is 2. The monoisotopic (exact) mass is 460 g/mol. The minimum atomic E-state index is -0.374. The maximum atomic E-state index is 14.3. The zero-order valence-corrected chi connectivity index (χ0v) is 18.8. The number of halogens is 1. The average Bonchev–Trinajstić information content (AvgIpc) is 2.86.